The highest BCUT2D eigenvalue weighted by Crippen LogP contribution is 2.32. The summed E-state index contributed by atoms with van der Waals surface area (Å²) in [5.74, 6) is 0. The molecule has 88 valence electrons. The van der Waals surface area contributed by atoms with Crippen LogP contribution in [0.5, 0.6) is 0 Å². The van der Waals surface area contributed by atoms with Crippen molar-refractivity contribution in [1.29, 1.82) is 0 Å². The minimum atomic E-state index is 0.0810. The van der Waals surface area contributed by atoms with Crippen molar-refractivity contribution in [2.75, 3.05) is 26.7 Å². The van der Waals surface area contributed by atoms with Gasteiger partial charge in [0.1, 0.15) is 0 Å². The topological polar surface area (TPSA) is 38.5 Å². The molecule has 1 aliphatic rings. The van der Waals surface area contributed by atoms with E-state index >= 15 is 0 Å². The van der Waals surface area contributed by atoms with Crippen molar-refractivity contribution < 1.29 is 4.74 Å². The summed E-state index contributed by atoms with van der Waals surface area (Å²) in [6, 6.07) is 8.51. The Kier molecular flexibility index (Phi) is 3.97. The van der Waals surface area contributed by atoms with Gasteiger partial charge in [-0.15, -0.1) is 0 Å². The second kappa shape index (κ2) is 5.27. The fraction of sp³-hybridized carbons (Fsp3) is 0.500. The normalized spacial score (nSPS) is 26.9. The van der Waals surface area contributed by atoms with E-state index in [4.69, 9.17) is 10.5 Å². The molecule has 0 saturated carbocycles. The van der Waals surface area contributed by atoms with E-state index in [2.05, 4.69) is 46.1 Å². The summed E-state index contributed by atoms with van der Waals surface area (Å²) in [4.78, 5) is 2.31. The zero-order valence-electron chi connectivity index (χ0n) is 9.40. The molecular formula is C12H17BrN2O. The van der Waals surface area contributed by atoms with Crippen LogP contribution in [0.4, 0.5) is 0 Å². The van der Waals surface area contributed by atoms with E-state index in [1.54, 1.807) is 0 Å². The fourth-order valence-corrected chi connectivity index (χ4v) is 2.73. The molecule has 2 rings (SSSR count). The summed E-state index contributed by atoms with van der Waals surface area (Å²) >= 11 is 3.59. The highest BCUT2D eigenvalue weighted by Gasteiger charge is 2.31. The van der Waals surface area contributed by atoms with E-state index in [-0.39, 0.29) is 12.1 Å². The lowest BCUT2D eigenvalue weighted by Crippen LogP contribution is -2.46. The lowest BCUT2D eigenvalue weighted by Gasteiger charge is -2.39. The Bertz CT molecular complexity index is 359. The van der Waals surface area contributed by atoms with Crippen LogP contribution in [-0.2, 0) is 4.74 Å². The molecule has 1 saturated heterocycles. The second-order valence-corrected chi connectivity index (χ2v) is 4.95. The van der Waals surface area contributed by atoms with Crippen LogP contribution in [0, 0.1) is 0 Å². The molecule has 1 aliphatic heterocycles. The van der Waals surface area contributed by atoms with Gasteiger partial charge in [0.05, 0.1) is 18.8 Å². The first-order chi connectivity index (χ1) is 7.74. The van der Waals surface area contributed by atoms with Crippen molar-refractivity contribution >= 4 is 15.9 Å². The number of nitrogens with zero attached hydrogens (tertiary/aromatic N) is 1. The number of rotatable bonds is 2. The summed E-state index contributed by atoms with van der Waals surface area (Å²) in [6.07, 6.45) is 0.0810. The van der Waals surface area contributed by atoms with E-state index in [0.29, 0.717) is 6.54 Å². The van der Waals surface area contributed by atoms with Crippen molar-refractivity contribution in [2.45, 2.75) is 12.1 Å². The van der Waals surface area contributed by atoms with E-state index in [9.17, 15) is 0 Å². The van der Waals surface area contributed by atoms with E-state index < -0.39 is 0 Å². The maximum absolute atomic E-state index is 5.78. The number of hydrogen-bond acceptors (Lipinski definition) is 3. The van der Waals surface area contributed by atoms with Crippen LogP contribution in [0.15, 0.2) is 28.7 Å². The third-order valence-electron chi connectivity index (χ3n) is 3.06. The van der Waals surface area contributed by atoms with Gasteiger partial charge < -0.3 is 10.5 Å². The van der Waals surface area contributed by atoms with Crippen LogP contribution >= 0.6 is 15.9 Å². The zero-order chi connectivity index (χ0) is 11.5. The molecule has 0 aromatic heterocycles. The van der Waals surface area contributed by atoms with Gasteiger partial charge in [-0.25, -0.2) is 0 Å². The maximum atomic E-state index is 5.78. The maximum Gasteiger partial charge on any atom is 0.0894 e. The molecule has 1 fully saturated rings. The minimum Gasteiger partial charge on any atom is -0.374 e. The van der Waals surface area contributed by atoms with Crippen molar-refractivity contribution in [3.05, 3.63) is 34.3 Å². The molecule has 16 heavy (non-hydrogen) atoms. The van der Waals surface area contributed by atoms with Gasteiger partial charge in [-0.05, 0) is 18.7 Å². The molecule has 2 N–H and O–H groups in total. The Labute approximate surface area is 105 Å². The number of nitrogens with two attached hydrogens (primary N) is 1. The van der Waals surface area contributed by atoms with E-state index in [0.717, 1.165) is 17.6 Å². The van der Waals surface area contributed by atoms with Gasteiger partial charge >= 0.3 is 0 Å². The van der Waals surface area contributed by atoms with Gasteiger partial charge in [-0.1, -0.05) is 34.1 Å². The molecule has 3 nitrogen and oxygen atoms in total. The minimum absolute atomic E-state index is 0.0810. The van der Waals surface area contributed by atoms with Gasteiger partial charge in [-0.3, -0.25) is 4.90 Å². The van der Waals surface area contributed by atoms with Crippen LogP contribution in [0.25, 0.3) is 0 Å². The standard InChI is InChI=1S/C12H17BrN2O/c1-15-6-7-16-11(8-14)12(15)9-4-2-3-5-10(9)13/h2-5,11-12H,6-8,14H2,1H3. The smallest absolute Gasteiger partial charge is 0.0894 e. The lowest BCUT2D eigenvalue weighted by atomic mass is 9.98. The number of benzene rings is 1. The molecule has 0 amide bonds. The molecule has 1 heterocycles. The zero-order valence-corrected chi connectivity index (χ0v) is 11.0. The Morgan fingerprint density at radius 3 is 2.94 bits per heavy atom. The molecule has 0 bridgehead atoms. The molecule has 0 spiro atoms. The lowest BCUT2D eigenvalue weighted by molar-refractivity contribution is -0.0578. The van der Waals surface area contributed by atoms with Gasteiger partial charge in [0.2, 0.25) is 0 Å². The number of morpholine rings is 1. The molecule has 4 heteroatoms. The summed E-state index contributed by atoms with van der Waals surface area (Å²) in [6.45, 7) is 2.26. The van der Waals surface area contributed by atoms with Gasteiger partial charge in [-0.2, -0.15) is 0 Å². The third kappa shape index (κ3) is 2.30. The number of ether oxygens (including phenoxy) is 1. The first kappa shape index (κ1) is 12.0. The van der Waals surface area contributed by atoms with Gasteiger partial charge in [0.15, 0.2) is 0 Å². The van der Waals surface area contributed by atoms with Gasteiger partial charge in [0, 0.05) is 17.6 Å². The summed E-state index contributed by atoms with van der Waals surface area (Å²) in [7, 11) is 2.12. The second-order valence-electron chi connectivity index (χ2n) is 4.09. The largest absolute Gasteiger partial charge is 0.374 e. The van der Waals surface area contributed by atoms with Crippen molar-refractivity contribution in [3.63, 3.8) is 0 Å². The van der Waals surface area contributed by atoms with Crippen LogP contribution in [0.1, 0.15) is 11.6 Å². The van der Waals surface area contributed by atoms with Crippen LogP contribution in [0.3, 0.4) is 0 Å². The third-order valence-corrected chi connectivity index (χ3v) is 3.78. The SMILES string of the molecule is CN1CCOC(CN)C1c1ccccc1Br. The first-order valence-electron chi connectivity index (χ1n) is 5.50. The predicted octanol–water partition coefficient (Wildman–Crippen LogP) is 1.78. The van der Waals surface area contributed by atoms with E-state index in [1.807, 2.05) is 6.07 Å². The van der Waals surface area contributed by atoms with Crippen molar-refractivity contribution in [3.8, 4) is 0 Å². The molecule has 2 atom stereocenters. The number of hydrogen-bond donors (Lipinski definition) is 1. The van der Waals surface area contributed by atoms with Crippen molar-refractivity contribution in [1.82, 2.24) is 4.90 Å². The number of halogens is 1. The van der Waals surface area contributed by atoms with Crippen LogP contribution < -0.4 is 5.73 Å². The molecule has 1 aromatic rings. The average molecular weight is 285 g/mol. The Morgan fingerprint density at radius 1 is 1.50 bits per heavy atom. The van der Waals surface area contributed by atoms with Crippen LogP contribution in [0.2, 0.25) is 0 Å². The highest BCUT2D eigenvalue weighted by molar-refractivity contribution is 9.10. The Morgan fingerprint density at radius 2 is 2.25 bits per heavy atom. The fourth-order valence-electron chi connectivity index (χ4n) is 2.21. The first-order valence-corrected chi connectivity index (χ1v) is 6.29. The Balaban J connectivity index is 2.32. The predicted molar refractivity (Wildman–Crippen MR) is 68.3 cm³/mol. The van der Waals surface area contributed by atoms with E-state index in [1.165, 1.54) is 5.56 Å². The summed E-state index contributed by atoms with van der Waals surface area (Å²) in [5, 5.41) is 0. The van der Waals surface area contributed by atoms with Crippen molar-refractivity contribution in [2.24, 2.45) is 5.73 Å². The Hall–Kier alpha value is -0.420. The molecule has 1 aromatic carbocycles. The van der Waals surface area contributed by atoms with Gasteiger partial charge in [0.25, 0.3) is 0 Å². The molecule has 0 radical (unpaired) electrons. The van der Waals surface area contributed by atoms with Crippen LogP contribution in [-0.4, -0.2) is 37.7 Å². The summed E-state index contributed by atoms with van der Waals surface area (Å²) < 4.78 is 6.85. The highest BCUT2D eigenvalue weighted by atomic mass is 79.9. The quantitative estimate of drug-likeness (QED) is 0.900. The number of likely N-dealkylation sites (N-methyl/N-ethyl adjacent to an activating group) is 1. The molecule has 2 unspecified atom stereocenters. The monoisotopic (exact) mass is 284 g/mol. The summed E-state index contributed by atoms with van der Waals surface area (Å²) in [5.41, 5.74) is 7.03. The average Bonchev–Trinajstić information content (AvgIpc) is 2.30. The molecule has 0 aliphatic carbocycles. The molecular weight excluding hydrogens is 268 g/mol.